The van der Waals surface area contributed by atoms with Crippen LogP contribution in [0.2, 0.25) is 0 Å². The fourth-order valence-electron chi connectivity index (χ4n) is 3.01. The molecule has 0 radical (unpaired) electrons. The number of carbonyl (C=O) groups excluding carboxylic acids is 1. The summed E-state index contributed by atoms with van der Waals surface area (Å²) >= 11 is 0. The first-order valence-corrected chi connectivity index (χ1v) is 9.77. The first-order chi connectivity index (χ1) is 12.3. The number of nitro groups is 1. The van der Waals surface area contributed by atoms with Crippen molar-refractivity contribution in [3.63, 3.8) is 0 Å². The molecule has 0 unspecified atom stereocenters. The summed E-state index contributed by atoms with van der Waals surface area (Å²) < 4.78 is 25.1. The number of rotatable bonds is 4. The van der Waals surface area contributed by atoms with Crippen LogP contribution in [0.25, 0.3) is 0 Å². The zero-order valence-electron chi connectivity index (χ0n) is 14.0. The van der Waals surface area contributed by atoms with E-state index in [1.165, 1.54) is 22.5 Å². The van der Waals surface area contributed by atoms with E-state index in [1.807, 2.05) is 0 Å². The molecule has 0 saturated heterocycles. The smallest absolute Gasteiger partial charge is 0.282 e. The molecule has 1 aliphatic heterocycles. The van der Waals surface area contributed by atoms with Gasteiger partial charge in [0.15, 0.2) is 0 Å². The van der Waals surface area contributed by atoms with Crippen molar-refractivity contribution in [1.29, 1.82) is 0 Å². The van der Waals surface area contributed by atoms with Crippen LogP contribution in [0.5, 0.6) is 0 Å². The standard InChI is InChI=1S/C17H17N3O5S/c1-26(24,25)19-10-4-5-12-11-13(8-9-15(12)19)18-17(21)14-6-2-3-7-16(14)20(22)23/h2-3,6-9,11H,4-5,10H2,1H3,(H,18,21). The van der Waals surface area contributed by atoms with Crippen molar-refractivity contribution in [2.45, 2.75) is 12.8 Å². The van der Waals surface area contributed by atoms with Crippen LogP contribution < -0.4 is 9.62 Å². The summed E-state index contributed by atoms with van der Waals surface area (Å²) in [5.41, 5.74) is 1.56. The Morgan fingerprint density at radius 3 is 2.65 bits per heavy atom. The van der Waals surface area contributed by atoms with Gasteiger partial charge in [-0.05, 0) is 42.7 Å². The number of nitro benzene ring substituents is 1. The third-order valence-corrected chi connectivity index (χ3v) is 5.34. The Morgan fingerprint density at radius 2 is 1.96 bits per heavy atom. The van der Waals surface area contributed by atoms with E-state index in [-0.39, 0.29) is 11.3 Å². The van der Waals surface area contributed by atoms with Gasteiger partial charge >= 0.3 is 0 Å². The van der Waals surface area contributed by atoms with Gasteiger partial charge in [-0.15, -0.1) is 0 Å². The van der Waals surface area contributed by atoms with Crippen LogP contribution >= 0.6 is 0 Å². The van der Waals surface area contributed by atoms with Crippen molar-refractivity contribution in [3.8, 4) is 0 Å². The normalized spacial score (nSPS) is 13.8. The van der Waals surface area contributed by atoms with Gasteiger partial charge in [-0.1, -0.05) is 12.1 Å². The molecule has 3 rings (SSSR count). The highest BCUT2D eigenvalue weighted by atomic mass is 32.2. The van der Waals surface area contributed by atoms with Crippen LogP contribution in [-0.4, -0.2) is 32.0 Å². The van der Waals surface area contributed by atoms with Crippen LogP contribution in [0.1, 0.15) is 22.3 Å². The van der Waals surface area contributed by atoms with Gasteiger partial charge in [0, 0.05) is 18.3 Å². The van der Waals surface area contributed by atoms with E-state index >= 15 is 0 Å². The Bertz CT molecular complexity index is 988. The number of carbonyl (C=O) groups is 1. The molecular weight excluding hydrogens is 358 g/mol. The molecule has 0 bridgehead atoms. The van der Waals surface area contributed by atoms with Crippen LogP contribution in [0.3, 0.4) is 0 Å². The predicted octanol–water partition coefficient (Wildman–Crippen LogP) is 2.56. The average Bonchev–Trinajstić information content (AvgIpc) is 2.60. The number of aryl methyl sites for hydroxylation is 1. The third kappa shape index (κ3) is 3.52. The first-order valence-electron chi connectivity index (χ1n) is 7.93. The van der Waals surface area contributed by atoms with Gasteiger partial charge < -0.3 is 5.32 Å². The monoisotopic (exact) mass is 375 g/mol. The number of nitrogens with zero attached hydrogens (tertiary/aromatic N) is 2. The lowest BCUT2D eigenvalue weighted by atomic mass is 10.0. The van der Waals surface area contributed by atoms with E-state index < -0.39 is 20.9 Å². The van der Waals surface area contributed by atoms with E-state index in [1.54, 1.807) is 24.3 Å². The van der Waals surface area contributed by atoms with E-state index in [2.05, 4.69) is 5.32 Å². The van der Waals surface area contributed by atoms with Crippen LogP contribution in [0.4, 0.5) is 17.1 Å². The number of anilines is 2. The Balaban J connectivity index is 1.89. The number of hydrogen-bond acceptors (Lipinski definition) is 5. The number of para-hydroxylation sites is 1. The van der Waals surface area contributed by atoms with Crippen molar-refractivity contribution in [1.82, 2.24) is 0 Å². The molecule has 2 aromatic carbocycles. The van der Waals surface area contributed by atoms with Crippen LogP contribution in [0, 0.1) is 10.1 Å². The SMILES string of the molecule is CS(=O)(=O)N1CCCc2cc(NC(=O)c3ccccc3[N+](=O)[O-])ccc21. The summed E-state index contributed by atoms with van der Waals surface area (Å²) in [5.74, 6) is -0.590. The minimum Gasteiger partial charge on any atom is -0.322 e. The van der Waals surface area contributed by atoms with Gasteiger partial charge in [-0.2, -0.15) is 0 Å². The topological polar surface area (TPSA) is 110 Å². The number of benzene rings is 2. The molecule has 0 atom stereocenters. The number of nitrogens with one attached hydrogen (secondary N) is 1. The summed E-state index contributed by atoms with van der Waals surface area (Å²) in [6.45, 7) is 0.424. The molecular formula is C17H17N3O5S. The van der Waals surface area contributed by atoms with Crippen molar-refractivity contribution in [2.24, 2.45) is 0 Å². The van der Waals surface area contributed by atoms with Crippen molar-refractivity contribution in [3.05, 3.63) is 63.7 Å². The second-order valence-electron chi connectivity index (χ2n) is 6.01. The number of hydrogen-bond donors (Lipinski definition) is 1. The van der Waals surface area contributed by atoms with Crippen LogP contribution in [-0.2, 0) is 16.4 Å². The first kappa shape index (κ1) is 17.9. The van der Waals surface area contributed by atoms with Crippen molar-refractivity contribution in [2.75, 3.05) is 22.4 Å². The van der Waals surface area contributed by atoms with E-state index in [9.17, 15) is 23.3 Å². The number of sulfonamides is 1. The molecule has 8 nitrogen and oxygen atoms in total. The van der Waals surface area contributed by atoms with Gasteiger partial charge in [-0.25, -0.2) is 8.42 Å². The third-order valence-electron chi connectivity index (χ3n) is 4.16. The summed E-state index contributed by atoms with van der Waals surface area (Å²) in [5, 5.41) is 13.7. The molecule has 1 heterocycles. The summed E-state index contributed by atoms with van der Waals surface area (Å²) in [4.78, 5) is 22.9. The fraction of sp³-hybridized carbons (Fsp3) is 0.235. The minimum absolute atomic E-state index is 0.0343. The molecule has 0 aliphatic carbocycles. The summed E-state index contributed by atoms with van der Waals surface area (Å²) in [6, 6.07) is 10.6. The van der Waals surface area contributed by atoms with E-state index in [4.69, 9.17) is 0 Å². The molecule has 1 aliphatic rings. The van der Waals surface area contributed by atoms with Gasteiger partial charge in [-0.3, -0.25) is 19.2 Å². The Morgan fingerprint density at radius 1 is 1.23 bits per heavy atom. The lowest BCUT2D eigenvalue weighted by Gasteiger charge is -2.29. The molecule has 0 fully saturated rings. The van der Waals surface area contributed by atoms with Gasteiger partial charge in [0.05, 0.1) is 16.9 Å². The number of amides is 1. The fourth-order valence-corrected chi connectivity index (χ4v) is 4.00. The molecule has 136 valence electrons. The largest absolute Gasteiger partial charge is 0.322 e. The molecule has 2 aromatic rings. The summed E-state index contributed by atoms with van der Waals surface area (Å²) in [6.07, 6.45) is 2.53. The van der Waals surface area contributed by atoms with E-state index in [0.29, 0.717) is 30.8 Å². The Kier molecular flexibility index (Phi) is 4.64. The highest BCUT2D eigenvalue weighted by Gasteiger charge is 2.25. The van der Waals surface area contributed by atoms with Gasteiger partial charge in [0.2, 0.25) is 10.0 Å². The average molecular weight is 375 g/mol. The van der Waals surface area contributed by atoms with Crippen molar-refractivity contribution >= 4 is 33.0 Å². The minimum atomic E-state index is -3.36. The highest BCUT2D eigenvalue weighted by Crippen LogP contribution is 2.31. The lowest BCUT2D eigenvalue weighted by molar-refractivity contribution is -0.385. The zero-order chi connectivity index (χ0) is 18.9. The van der Waals surface area contributed by atoms with Gasteiger partial charge in [0.1, 0.15) is 5.56 Å². The lowest BCUT2D eigenvalue weighted by Crippen LogP contribution is -2.34. The van der Waals surface area contributed by atoms with Crippen LogP contribution in [0.15, 0.2) is 42.5 Å². The summed E-state index contributed by atoms with van der Waals surface area (Å²) in [7, 11) is -3.36. The Hall–Kier alpha value is -2.94. The number of fused-ring (bicyclic) bond motifs is 1. The second-order valence-corrected chi connectivity index (χ2v) is 7.92. The maximum absolute atomic E-state index is 12.4. The van der Waals surface area contributed by atoms with E-state index in [0.717, 1.165) is 11.8 Å². The molecule has 0 spiro atoms. The molecule has 0 saturated carbocycles. The zero-order valence-corrected chi connectivity index (χ0v) is 14.8. The molecule has 1 amide bonds. The molecule has 1 N–H and O–H groups in total. The highest BCUT2D eigenvalue weighted by molar-refractivity contribution is 7.92. The maximum Gasteiger partial charge on any atom is 0.282 e. The second kappa shape index (κ2) is 6.75. The molecule has 9 heteroatoms. The molecule has 0 aromatic heterocycles. The Labute approximate surface area is 150 Å². The van der Waals surface area contributed by atoms with Crippen molar-refractivity contribution < 1.29 is 18.1 Å². The predicted molar refractivity (Wildman–Crippen MR) is 98.0 cm³/mol. The van der Waals surface area contributed by atoms with Gasteiger partial charge in [0.25, 0.3) is 11.6 Å². The maximum atomic E-state index is 12.4. The molecule has 26 heavy (non-hydrogen) atoms. The quantitative estimate of drug-likeness (QED) is 0.652.